The van der Waals surface area contributed by atoms with Gasteiger partial charge in [0.05, 0.1) is 0 Å². The van der Waals surface area contributed by atoms with Crippen molar-refractivity contribution in [1.29, 1.82) is 0 Å². The maximum atomic E-state index is 4.07. The molecule has 88 valence electrons. The van der Waals surface area contributed by atoms with Gasteiger partial charge in [0.25, 0.3) is 0 Å². The second-order valence-electron chi connectivity index (χ2n) is 4.45. The van der Waals surface area contributed by atoms with Crippen LogP contribution in [0, 0.1) is 0 Å². The molecule has 1 atom stereocenters. The van der Waals surface area contributed by atoms with Crippen molar-refractivity contribution in [1.82, 2.24) is 9.88 Å². The largest absolute Gasteiger partial charge is 0.296 e. The van der Waals surface area contributed by atoms with Crippen molar-refractivity contribution in [3.63, 3.8) is 0 Å². The lowest BCUT2D eigenvalue weighted by molar-refractivity contribution is 0.137. The van der Waals surface area contributed by atoms with Crippen LogP contribution in [0.2, 0.25) is 0 Å². The molecule has 2 heterocycles. The van der Waals surface area contributed by atoms with Crippen molar-refractivity contribution in [2.45, 2.75) is 38.3 Å². The fraction of sp³-hybridized carbons (Fsp3) is 0.615. The van der Waals surface area contributed by atoms with Gasteiger partial charge in [0.15, 0.2) is 0 Å². The Labute approximate surface area is 106 Å². The molecule has 3 heteroatoms. The molecular formula is C13H19BrN2. The summed E-state index contributed by atoms with van der Waals surface area (Å²) in [6.45, 7) is 2.33. The van der Waals surface area contributed by atoms with Crippen LogP contribution < -0.4 is 0 Å². The molecule has 0 aliphatic carbocycles. The van der Waals surface area contributed by atoms with Gasteiger partial charge < -0.3 is 0 Å². The summed E-state index contributed by atoms with van der Waals surface area (Å²) in [6, 6.07) is 5.01. The zero-order valence-electron chi connectivity index (χ0n) is 9.61. The molecule has 2 rings (SSSR count). The van der Waals surface area contributed by atoms with Crippen molar-refractivity contribution < 1.29 is 0 Å². The summed E-state index contributed by atoms with van der Waals surface area (Å²) in [5.41, 5.74) is 1.39. The van der Waals surface area contributed by atoms with Crippen molar-refractivity contribution >= 4 is 15.9 Å². The van der Waals surface area contributed by atoms with Crippen molar-refractivity contribution in [3.8, 4) is 0 Å². The van der Waals surface area contributed by atoms with Gasteiger partial charge in [-0.05, 0) is 43.5 Å². The molecule has 0 amide bonds. The van der Waals surface area contributed by atoms with Crippen LogP contribution in [0.4, 0.5) is 0 Å². The third-order valence-corrected chi connectivity index (χ3v) is 3.78. The van der Waals surface area contributed by atoms with E-state index in [-0.39, 0.29) is 0 Å². The van der Waals surface area contributed by atoms with Gasteiger partial charge in [-0.1, -0.05) is 22.4 Å². The molecule has 0 N–H and O–H groups in total. The number of halogens is 1. The Morgan fingerprint density at radius 1 is 1.31 bits per heavy atom. The van der Waals surface area contributed by atoms with E-state index in [1.165, 1.54) is 37.8 Å². The second-order valence-corrected chi connectivity index (χ2v) is 5.25. The van der Waals surface area contributed by atoms with Crippen LogP contribution in [0.15, 0.2) is 24.5 Å². The first-order valence-corrected chi connectivity index (χ1v) is 7.21. The van der Waals surface area contributed by atoms with Crippen LogP contribution in [0.1, 0.15) is 31.2 Å². The Hall–Kier alpha value is -0.410. The van der Waals surface area contributed by atoms with Crippen molar-refractivity contribution in [2.24, 2.45) is 0 Å². The maximum Gasteiger partial charge on any atom is 0.0271 e. The molecule has 1 unspecified atom stereocenters. The number of nitrogens with zero attached hydrogens (tertiary/aromatic N) is 2. The molecular weight excluding hydrogens is 264 g/mol. The molecule has 16 heavy (non-hydrogen) atoms. The Morgan fingerprint density at radius 2 is 2.12 bits per heavy atom. The second kappa shape index (κ2) is 6.36. The van der Waals surface area contributed by atoms with Gasteiger partial charge in [-0.25, -0.2) is 0 Å². The summed E-state index contributed by atoms with van der Waals surface area (Å²) in [6.07, 6.45) is 9.15. The van der Waals surface area contributed by atoms with Crippen LogP contribution in [0.25, 0.3) is 0 Å². The molecule has 2 nitrogen and oxygen atoms in total. The summed E-state index contributed by atoms with van der Waals surface area (Å²) in [7, 11) is 0. The minimum absolute atomic E-state index is 0.765. The molecule has 1 aliphatic heterocycles. The highest BCUT2D eigenvalue weighted by Crippen LogP contribution is 2.22. The zero-order chi connectivity index (χ0) is 11.2. The molecule has 1 fully saturated rings. The lowest BCUT2D eigenvalue weighted by atomic mass is 9.99. The number of rotatable bonds is 4. The lowest BCUT2D eigenvalue weighted by Crippen LogP contribution is -2.39. The minimum atomic E-state index is 0.765. The van der Waals surface area contributed by atoms with E-state index in [1.807, 2.05) is 12.4 Å². The predicted molar refractivity (Wildman–Crippen MR) is 70.7 cm³/mol. The normalized spacial score (nSPS) is 22.2. The summed E-state index contributed by atoms with van der Waals surface area (Å²) in [4.78, 5) is 6.69. The average molecular weight is 283 g/mol. The minimum Gasteiger partial charge on any atom is -0.296 e. The van der Waals surface area contributed by atoms with Gasteiger partial charge in [-0.15, -0.1) is 0 Å². The van der Waals surface area contributed by atoms with Crippen LogP contribution >= 0.6 is 15.9 Å². The average Bonchev–Trinajstić information content (AvgIpc) is 2.33. The molecule has 0 radical (unpaired) electrons. The highest BCUT2D eigenvalue weighted by Gasteiger charge is 2.21. The number of hydrogen-bond acceptors (Lipinski definition) is 2. The van der Waals surface area contributed by atoms with Crippen LogP contribution in [-0.2, 0) is 6.54 Å². The van der Waals surface area contributed by atoms with Crippen LogP contribution in [0.3, 0.4) is 0 Å². The standard InChI is InChI=1S/C13H19BrN2/c14-7-4-13-3-1-2-10-16(13)11-12-5-8-15-9-6-12/h5-6,8-9,13H,1-4,7,10-11H2. The Bertz CT molecular complexity index is 300. The maximum absolute atomic E-state index is 4.07. The van der Waals surface area contributed by atoms with Gasteiger partial charge in [0.1, 0.15) is 0 Å². The van der Waals surface area contributed by atoms with Gasteiger partial charge in [0, 0.05) is 30.3 Å². The first-order chi connectivity index (χ1) is 7.90. The molecule has 0 bridgehead atoms. The van der Waals surface area contributed by atoms with Gasteiger partial charge in [0.2, 0.25) is 0 Å². The van der Waals surface area contributed by atoms with Crippen LogP contribution in [-0.4, -0.2) is 27.8 Å². The first-order valence-electron chi connectivity index (χ1n) is 6.09. The van der Waals surface area contributed by atoms with E-state index in [9.17, 15) is 0 Å². The number of piperidine rings is 1. The highest BCUT2D eigenvalue weighted by molar-refractivity contribution is 9.09. The van der Waals surface area contributed by atoms with E-state index in [4.69, 9.17) is 0 Å². The summed E-state index contributed by atoms with van der Waals surface area (Å²) < 4.78 is 0. The number of hydrogen-bond donors (Lipinski definition) is 0. The highest BCUT2D eigenvalue weighted by atomic mass is 79.9. The first kappa shape index (κ1) is 12.1. The summed E-state index contributed by atoms with van der Waals surface area (Å²) in [5, 5.41) is 1.12. The molecule has 1 aliphatic rings. The van der Waals surface area contributed by atoms with Gasteiger partial charge >= 0.3 is 0 Å². The van der Waals surface area contributed by atoms with Crippen molar-refractivity contribution in [3.05, 3.63) is 30.1 Å². The third-order valence-electron chi connectivity index (χ3n) is 3.33. The van der Waals surface area contributed by atoms with E-state index >= 15 is 0 Å². The fourth-order valence-electron chi connectivity index (χ4n) is 2.44. The van der Waals surface area contributed by atoms with E-state index in [0.717, 1.165) is 17.9 Å². The van der Waals surface area contributed by atoms with Gasteiger partial charge in [-0.2, -0.15) is 0 Å². The smallest absolute Gasteiger partial charge is 0.0271 e. The van der Waals surface area contributed by atoms with E-state index in [1.54, 1.807) is 0 Å². The van der Waals surface area contributed by atoms with Crippen LogP contribution in [0.5, 0.6) is 0 Å². The molecule has 1 aromatic rings. The van der Waals surface area contributed by atoms with E-state index in [0.29, 0.717) is 0 Å². The number of alkyl halides is 1. The fourth-order valence-corrected chi connectivity index (χ4v) is 2.97. The molecule has 0 spiro atoms. The Kier molecular flexibility index (Phi) is 4.79. The topological polar surface area (TPSA) is 16.1 Å². The lowest BCUT2D eigenvalue weighted by Gasteiger charge is -2.35. The zero-order valence-corrected chi connectivity index (χ0v) is 11.2. The number of likely N-dealkylation sites (tertiary alicyclic amines) is 1. The van der Waals surface area contributed by atoms with E-state index in [2.05, 4.69) is 37.9 Å². The number of pyridine rings is 1. The summed E-state index contributed by atoms with van der Waals surface area (Å²) in [5.74, 6) is 0. The molecule has 1 aromatic heterocycles. The molecule has 0 saturated carbocycles. The molecule has 0 aromatic carbocycles. The molecule has 1 saturated heterocycles. The Balaban J connectivity index is 1.96. The Morgan fingerprint density at radius 3 is 2.88 bits per heavy atom. The quantitative estimate of drug-likeness (QED) is 0.789. The van der Waals surface area contributed by atoms with Gasteiger partial charge in [-0.3, -0.25) is 9.88 Å². The SMILES string of the molecule is BrCCC1CCCCN1Cc1ccncc1. The third kappa shape index (κ3) is 3.29. The summed E-state index contributed by atoms with van der Waals surface area (Å²) >= 11 is 3.56. The van der Waals surface area contributed by atoms with Crippen molar-refractivity contribution in [2.75, 3.05) is 11.9 Å². The van der Waals surface area contributed by atoms with E-state index < -0.39 is 0 Å². The monoisotopic (exact) mass is 282 g/mol. The number of aromatic nitrogens is 1. The predicted octanol–water partition coefficient (Wildman–Crippen LogP) is 3.22.